The van der Waals surface area contributed by atoms with E-state index in [1.54, 1.807) is 12.1 Å². The minimum absolute atomic E-state index is 0.152. The fourth-order valence-corrected chi connectivity index (χ4v) is 3.22. The second-order valence-corrected chi connectivity index (χ2v) is 5.93. The molecular weight excluding hydrogens is 270 g/mol. The van der Waals surface area contributed by atoms with Crippen LogP contribution in [0.1, 0.15) is 44.7 Å². The van der Waals surface area contributed by atoms with E-state index in [9.17, 15) is 8.78 Å². The monoisotopic (exact) mass is 296 g/mol. The van der Waals surface area contributed by atoms with Gasteiger partial charge < -0.3 is 10.2 Å². The second kappa shape index (κ2) is 7.85. The van der Waals surface area contributed by atoms with Gasteiger partial charge in [0.2, 0.25) is 0 Å². The summed E-state index contributed by atoms with van der Waals surface area (Å²) in [6, 6.07) is 4.30. The molecule has 0 saturated carbocycles. The molecule has 1 aromatic carbocycles. The van der Waals surface area contributed by atoms with Crippen molar-refractivity contribution in [1.29, 1.82) is 0 Å². The number of nitrogens with zero attached hydrogens (tertiary/aromatic N) is 1. The molecule has 0 aromatic heterocycles. The standard InChI is InChI=1S/C17H26F2N2/c1-3-13-7-6-10-21(11-13)12-16(20-4-2)14-8-5-9-15(18)17(14)19/h5,8-9,13,16,20H,3-4,6-7,10-12H2,1-2H3. The Hall–Kier alpha value is -1.00. The molecule has 2 atom stereocenters. The smallest absolute Gasteiger partial charge is 0.163 e. The van der Waals surface area contributed by atoms with Crippen LogP contribution in [0.4, 0.5) is 8.78 Å². The van der Waals surface area contributed by atoms with Crippen molar-refractivity contribution in [2.45, 2.75) is 39.2 Å². The van der Waals surface area contributed by atoms with Crippen molar-refractivity contribution >= 4 is 0 Å². The number of benzene rings is 1. The van der Waals surface area contributed by atoms with Crippen LogP contribution < -0.4 is 5.32 Å². The Morgan fingerprint density at radius 3 is 2.86 bits per heavy atom. The summed E-state index contributed by atoms with van der Waals surface area (Å²) in [5.74, 6) is -0.744. The van der Waals surface area contributed by atoms with Gasteiger partial charge in [0.05, 0.1) is 0 Å². The summed E-state index contributed by atoms with van der Waals surface area (Å²) < 4.78 is 27.5. The van der Waals surface area contributed by atoms with Gasteiger partial charge in [-0.15, -0.1) is 0 Å². The summed E-state index contributed by atoms with van der Waals surface area (Å²) in [6.07, 6.45) is 3.67. The third-order valence-electron chi connectivity index (χ3n) is 4.43. The molecule has 1 heterocycles. The van der Waals surface area contributed by atoms with Crippen LogP contribution in [-0.2, 0) is 0 Å². The third-order valence-corrected chi connectivity index (χ3v) is 4.43. The van der Waals surface area contributed by atoms with Gasteiger partial charge in [-0.25, -0.2) is 8.78 Å². The van der Waals surface area contributed by atoms with Crippen molar-refractivity contribution in [2.24, 2.45) is 5.92 Å². The van der Waals surface area contributed by atoms with Gasteiger partial charge in [-0.1, -0.05) is 32.4 Å². The average molecular weight is 296 g/mol. The average Bonchev–Trinajstić information content (AvgIpc) is 2.50. The van der Waals surface area contributed by atoms with Gasteiger partial charge in [0, 0.05) is 24.7 Å². The van der Waals surface area contributed by atoms with E-state index in [1.807, 2.05) is 6.92 Å². The van der Waals surface area contributed by atoms with Crippen molar-refractivity contribution in [2.75, 3.05) is 26.2 Å². The molecular formula is C17H26F2N2. The van der Waals surface area contributed by atoms with Crippen LogP contribution in [0.5, 0.6) is 0 Å². The summed E-state index contributed by atoms with van der Waals surface area (Å²) in [5.41, 5.74) is 0.440. The Morgan fingerprint density at radius 1 is 1.33 bits per heavy atom. The number of likely N-dealkylation sites (tertiary alicyclic amines) is 1. The quantitative estimate of drug-likeness (QED) is 0.860. The molecule has 4 heteroatoms. The molecule has 1 aliphatic heterocycles. The number of hydrogen-bond donors (Lipinski definition) is 1. The first kappa shape index (κ1) is 16.4. The van der Waals surface area contributed by atoms with Gasteiger partial charge in [0.25, 0.3) is 0 Å². The van der Waals surface area contributed by atoms with Crippen LogP contribution in [0, 0.1) is 17.6 Å². The fraction of sp³-hybridized carbons (Fsp3) is 0.647. The van der Waals surface area contributed by atoms with Crippen LogP contribution >= 0.6 is 0 Å². The summed E-state index contributed by atoms with van der Waals surface area (Å²) in [4.78, 5) is 2.38. The number of rotatable bonds is 6. The Kier molecular flexibility index (Phi) is 6.12. The molecule has 21 heavy (non-hydrogen) atoms. The van der Waals surface area contributed by atoms with Crippen LogP contribution in [0.3, 0.4) is 0 Å². The zero-order valence-electron chi connectivity index (χ0n) is 13.0. The predicted molar refractivity (Wildman–Crippen MR) is 82.2 cm³/mol. The minimum atomic E-state index is -0.763. The predicted octanol–water partition coefficient (Wildman–Crippen LogP) is 3.74. The summed E-state index contributed by atoms with van der Waals surface area (Å²) in [6.45, 7) is 7.82. The lowest BCUT2D eigenvalue weighted by Gasteiger charge is -2.35. The Morgan fingerprint density at radius 2 is 2.14 bits per heavy atom. The van der Waals surface area contributed by atoms with Crippen molar-refractivity contribution < 1.29 is 8.78 Å². The molecule has 2 rings (SSSR count). The largest absolute Gasteiger partial charge is 0.309 e. The first-order chi connectivity index (χ1) is 10.2. The van der Waals surface area contributed by atoms with Gasteiger partial charge in [-0.2, -0.15) is 0 Å². The Balaban J connectivity index is 2.10. The molecule has 1 aliphatic rings. The van der Waals surface area contributed by atoms with E-state index in [0.717, 1.165) is 32.1 Å². The van der Waals surface area contributed by atoms with Gasteiger partial charge in [0.1, 0.15) is 0 Å². The number of likely N-dealkylation sites (N-methyl/N-ethyl adjacent to an activating group) is 1. The van der Waals surface area contributed by atoms with Crippen LogP contribution in [0.25, 0.3) is 0 Å². The first-order valence-corrected chi connectivity index (χ1v) is 8.05. The normalized spacial score (nSPS) is 21.4. The maximum absolute atomic E-state index is 14.0. The molecule has 0 aliphatic carbocycles. The lowest BCUT2D eigenvalue weighted by Crippen LogP contribution is -2.41. The van der Waals surface area contributed by atoms with Gasteiger partial charge >= 0.3 is 0 Å². The van der Waals surface area contributed by atoms with Crippen LogP contribution in [0.15, 0.2) is 18.2 Å². The van der Waals surface area contributed by atoms with E-state index in [1.165, 1.54) is 25.3 Å². The zero-order valence-corrected chi connectivity index (χ0v) is 13.0. The third kappa shape index (κ3) is 4.24. The number of piperidine rings is 1. The van der Waals surface area contributed by atoms with Crippen molar-refractivity contribution in [1.82, 2.24) is 10.2 Å². The van der Waals surface area contributed by atoms with Crippen molar-refractivity contribution in [3.05, 3.63) is 35.4 Å². The molecule has 1 aromatic rings. The summed E-state index contributed by atoms with van der Waals surface area (Å²) in [5, 5.41) is 3.30. The molecule has 1 saturated heterocycles. The molecule has 0 spiro atoms. The number of nitrogens with one attached hydrogen (secondary N) is 1. The number of halogens is 2. The fourth-order valence-electron chi connectivity index (χ4n) is 3.22. The summed E-state index contributed by atoms with van der Waals surface area (Å²) in [7, 11) is 0. The topological polar surface area (TPSA) is 15.3 Å². The highest BCUT2D eigenvalue weighted by molar-refractivity contribution is 5.23. The van der Waals surface area contributed by atoms with Gasteiger partial charge in [-0.05, 0) is 37.9 Å². The maximum atomic E-state index is 14.0. The van der Waals surface area contributed by atoms with Crippen molar-refractivity contribution in [3.8, 4) is 0 Å². The minimum Gasteiger partial charge on any atom is -0.309 e. The van der Waals surface area contributed by atoms with E-state index in [-0.39, 0.29) is 6.04 Å². The Labute approximate surface area is 126 Å². The SMILES string of the molecule is CCNC(CN1CCCC(CC)C1)c1cccc(F)c1F. The van der Waals surface area contributed by atoms with Crippen LogP contribution in [-0.4, -0.2) is 31.1 Å². The first-order valence-electron chi connectivity index (χ1n) is 8.05. The molecule has 1 fully saturated rings. The maximum Gasteiger partial charge on any atom is 0.163 e. The molecule has 118 valence electrons. The Bertz CT molecular complexity index is 450. The molecule has 2 nitrogen and oxygen atoms in total. The summed E-state index contributed by atoms with van der Waals surface area (Å²) >= 11 is 0. The molecule has 0 bridgehead atoms. The highest BCUT2D eigenvalue weighted by atomic mass is 19.2. The highest BCUT2D eigenvalue weighted by Gasteiger charge is 2.24. The van der Waals surface area contributed by atoms with E-state index in [2.05, 4.69) is 17.1 Å². The van der Waals surface area contributed by atoms with Crippen molar-refractivity contribution in [3.63, 3.8) is 0 Å². The lowest BCUT2D eigenvalue weighted by molar-refractivity contribution is 0.156. The van der Waals surface area contributed by atoms with Gasteiger partial charge in [-0.3, -0.25) is 0 Å². The second-order valence-electron chi connectivity index (χ2n) is 5.93. The molecule has 0 radical (unpaired) electrons. The zero-order chi connectivity index (χ0) is 15.2. The van der Waals surface area contributed by atoms with E-state index in [4.69, 9.17) is 0 Å². The highest BCUT2D eigenvalue weighted by Crippen LogP contribution is 2.24. The molecule has 0 amide bonds. The lowest BCUT2D eigenvalue weighted by atomic mass is 9.94. The van der Waals surface area contributed by atoms with E-state index >= 15 is 0 Å². The molecule has 1 N–H and O–H groups in total. The molecule has 2 unspecified atom stereocenters. The van der Waals surface area contributed by atoms with E-state index < -0.39 is 11.6 Å². The number of hydrogen-bond acceptors (Lipinski definition) is 2. The van der Waals surface area contributed by atoms with Crippen LogP contribution in [0.2, 0.25) is 0 Å². The van der Waals surface area contributed by atoms with E-state index in [0.29, 0.717) is 5.56 Å². The van der Waals surface area contributed by atoms with Gasteiger partial charge in [0.15, 0.2) is 11.6 Å².